The minimum atomic E-state index is -1.53. The van der Waals surface area contributed by atoms with E-state index in [0.717, 1.165) is 0 Å². The number of aliphatic hydroxyl groups excluding tert-OH is 1. The lowest BCUT2D eigenvalue weighted by molar-refractivity contribution is -0.159. The Bertz CT molecular complexity index is 506. The predicted molar refractivity (Wildman–Crippen MR) is 69.4 cm³/mol. The number of ketones is 1. The summed E-state index contributed by atoms with van der Waals surface area (Å²) in [4.78, 5) is 12.6. The van der Waals surface area contributed by atoms with Crippen molar-refractivity contribution >= 4 is 5.78 Å². The topological polar surface area (TPSA) is 77.8 Å². The van der Waals surface area contributed by atoms with Gasteiger partial charge in [-0.15, -0.1) is 0 Å². The molecule has 0 aromatic heterocycles. The molecule has 0 aromatic rings. The first-order valence-corrected chi connectivity index (χ1v) is 6.90. The standard InChI is InChI=1S/C15H22O4/c1-12(2)7-8-9(11(12)17)13(3,18)15(5-6-15)14(4,19)10(8)16/h11,17-19H,5-7H2,1-4H3. The Kier molecular flexibility index (Phi) is 2.19. The largest absolute Gasteiger partial charge is 0.388 e. The first-order chi connectivity index (χ1) is 8.49. The van der Waals surface area contributed by atoms with E-state index < -0.39 is 28.1 Å². The van der Waals surface area contributed by atoms with Gasteiger partial charge in [-0.3, -0.25) is 4.79 Å². The van der Waals surface area contributed by atoms with E-state index in [0.29, 0.717) is 30.4 Å². The van der Waals surface area contributed by atoms with E-state index in [1.165, 1.54) is 6.92 Å². The van der Waals surface area contributed by atoms with Crippen LogP contribution in [0, 0.1) is 10.8 Å². The molecule has 0 saturated heterocycles. The molecule has 3 aliphatic carbocycles. The van der Waals surface area contributed by atoms with Gasteiger partial charge in [0.2, 0.25) is 0 Å². The van der Waals surface area contributed by atoms with Gasteiger partial charge in [0.15, 0.2) is 5.78 Å². The average Bonchev–Trinajstić information content (AvgIpc) is 3.02. The Hall–Kier alpha value is -0.710. The number of hydrogen-bond acceptors (Lipinski definition) is 4. The van der Waals surface area contributed by atoms with Crippen LogP contribution in [0.2, 0.25) is 0 Å². The summed E-state index contributed by atoms with van der Waals surface area (Å²) in [6, 6.07) is 0. The van der Waals surface area contributed by atoms with E-state index in [1.54, 1.807) is 6.92 Å². The van der Waals surface area contributed by atoms with E-state index in [9.17, 15) is 20.1 Å². The zero-order valence-corrected chi connectivity index (χ0v) is 11.9. The lowest BCUT2D eigenvalue weighted by atomic mass is 9.61. The number of hydrogen-bond donors (Lipinski definition) is 3. The summed E-state index contributed by atoms with van der Waals surface area (Å²) < 4.78 is 0. The maximum Gasteiger partial charge on any atom is 0.190 e. The second-order valence-corrected chi connectivity index (χ2v) is 7.52. The van der Waals surface area contributed by atoms with Gasteiger partial charge in [0.25, 0.3) is 0 Å². The third kappa shape index (κ3) is 1.23. The molecule has 0 amide bonds. The highest BCUT2D eigenvalue weighted by molar-refractivity contribution is 6.06. The van der Waals surface area contributed by atoms with Gasteiger partial charge in [-0.2, -0.15) is 0 Å². The average molecular weight is 266 g/mol. The van der Waals surface area contributed by atoms with Crippen molar-refractivity contribution in [1.82, 2.24) is 0 Å². The van der Waals surface area contributed by atoms with Crippen molar-refractivity contribution in [1.29, 1.82) is 0 Å². The normalized spacial score (nSPS) is 46.7. The highest BCUT2D eigenvalue weighted by Crippen LogP contribution is 2.68. The highest BCUT2D eigenvalue weighted by atomic mass is 16.3. The van der Waals surface area contributed by atoms with Crippen LogP contribution in [0.5, 0.6) is 0 Å². The van der Waals surface area contributed by atoms with Crippen LogP contribution in [0.4, 0.5) is 0 Å². The molecule has 4 nitrogen and oxygen atoms in total. The van der Waals surface area contributed by atoms with Gasteiger partial charge in [-0.25, -0.2) is 0 Å². The summed E-state index contributed by atoms with van der Waals surface area (Å²) in [5.41, 5.74) is -3.25. The molecule has 4 heteroatoms. The molecule has 1 saturated carbocycles. The van der Waals surface area contributed by atoms with Gasteiger partial charge in [-0.1, -0.05) is 13.8 Å². The summed E-state index contributed by atoms with van der Waals surface area (Å²) in [5.74, 6) is -0.309. The van der Waals surface area contributed by atoms with Crippen LogP contribution in [0.15, 0.2) is 11.1 Å². The van der Waals surface area contributed by atoms with Gasteiger partial charge in [0.05, 0.1) is 11.7 Å². The van der Waals surface area contributed by atoms with Crippen molar-refractivity contribution in [2.45, 2.75) is 64.3 Å². The zero-order valence-electron chi connectivity index (χ0n) is 11.9. The number of aliphatic hydroxyl groups is 3. The molecule has 1 fully saturated rings. The summed E-state index contributed by atoms with van der Waals surface area (Å²) in [6.45, 7) is 6.92. The lowest BCUT2D eigenvalue weighted by Gasteiger charge is -2.48. The van der Waals surface area contributed by atoms with Crippen LogP contribution in [0.3, 0.4) is 0 Å². The second kappa shape index (κ2) is 3.13. The maximum atomic E-state index is 12.6. The number of carbonyl (C=O) groups is 1. The summed E-state index contributed by atoms with van der Waals surface area (Å²) >= 11 is 0. The summed E-state index contributed by atoms with van der Waals surface area (Å²) in [5, 5.41) is 32.1. The molecular formula is C15H22O4. The maximum absolute atomic E-state index is 12.6. The SMILES string of the molecule is CC1(C)CC2=C(C1O)C(C)(O)C1(CC1)C(C)(O)C2=O. The zero-order chi connectivity index (χ0) is 14.4. The Morgan fingerprint density at radius 2 is 1.58 bits per heavy atom. The van der Waals surface area contributed by atoms with E-state index in [1.807, 2.05) is 13.8 Å². The first kappa shape index (κ1) is 13.3. The molecule has 106 valence electrons. The second-order valence-electron chi connectivity index (χ2n) is 7.52. The van der Waals surface area contributed by atoms with Crippen LogP contribution in [-0.4, -0.2) is 38.4 Å². The molecule has 3 aliphatic rings. The van der Waals surface area contributed by atoms with E-state index in [4.69, 9.17) is 0 Å². The van der Waals surface area contributed by atoms with Gasteiger partial charge < -0.3 is 15.3 Å². The monoisotopic (exact) mass is 266 g/mol. The number of Topliss-reactive ketones (excluding diaryl/α,β-unsaturated/α-hetero) is 1. The van der Waals surface area contributed by atoms with E-state index in [2.05, 4.69) is 0 Å². The van der Waals surface area contributed by atoms with Crippen molar-refractivity contribution in [3.8, 4) is 0 Å². The molecule has 3 unspecified atom stereocenters. The molecule has 0 aliphatic heterocycles. The van der Waals surface area contributed by atoms with Gasteiger partial charge in [0.1, 0.15) is 5.60 Å². The quantitative estimate of drug-likeness (QED) is 0.610. The fourth-order valence-corrected chi connectivity index (χ4v) is 4.31. The van der Waals surface area contributed by atoms with Crippen LogP contribution in [0.1, 0.15) is 47.0 Å². The lowest BCUT2D eigenvalue weighted by Crippen LogP contribution is -2.61. The number of rotatable bonds is 0. The molecule has 0 aromatic carbocycles. The Balaban J connectivity index is 2.24. The predicted octanol–water partition coefficient (Wildman–Crippen LogP) is 0.939. The minimum absolute atomic E-state index is 0.309. The van der Waals surface area contributed by atoms with Crippen LogP contribution in [-0.2, 0) is 4.79 Å². The Morgan fingerprint density at radius 1 is 1.05 bits per heavy atom. The summed E-state index contributed by atoms with van der Waals surface area (Å²) in [7, 11) is 0. The molecule has 3 atom stereocenters. The summed E-state index contributed by atoms with van der Waals surface area (Å²) in [6.07, 6.45) is 0.811. The van der Waals surface area contributed by atoms with Crippen molar-refractivity contribution in [3.05, 3.63) is 11.1 Å². The third-order valence-electron chi connectivity index (χ3n) is 5.83. The van der Waals surface area contributed by atoms with Crippen molar-refractivity contribution in [2.75, 3.05) is 0 Å². The molecule has 0 radical (unpaired) electrons. The molecule has 19 heavy (non-hydrogen) atoms. The highest BCUT2D eigenvalue weighted by Gasteiger charge is 2.74. The fourth-order valence-electron chi connectivity index (χ4n) is 4.31. The Morgan fingerprint density at radius 3 is 2.05 bits per heavy atom. The van der Waals surface area contributed by atoms with Crippen molar-refractivity contribution < 1.29 is 20.1 Å². The Labute approximate surface area is 113 Å². The van der Waals surface area contributed by atoms with Gasteiger partial charge in [0, 0.05) is 11.0 Å². The first-order valence-electron chi connectivity index (χ1n) is 6.90. The van der Waals surface area contributed by atoms with Gasteiger partial charge in [-0.05, 0) is 44.1 Å². The van der Waals surface area contributed by atoms with Crippen LogP contribution < -0.4 is 0 Å². The minimum Gasteiger partial charge on any atom is -0.388 e. The molecular weight excluding hydrogens is 244 g/mol. The molecule has 1 spiro atoms. The molecule has 3 rings (SSSR count). The van der Waals surface area contributed by atoms with E-state index in [-0.39, 0.29) is 5.78 Å². The van der Waals surface area contributed by atoms with Gasteiger partial charge >= 0.3 is 0 Å². The third-order valence-corrected chi connectivity index (χ3v) is 5.83. The fraction of sp³-hybridized carbons (Fsp3) is 0.800. The van der Waals surface area contributed by atoms with Crippen LogP contribution >= 0.6 is 0 Å². The van der Waals surface area contributed by atoms with E-state index >= 15 is 0 Å². The van der Waals surface area contributed by atoms with Crippen molar-refractivity contribution in [2.24, 2.45) is 10.8 Å². The number of carbonyl (C=O) groups excluding carboxylic acids is 1. The molecule has 0 heterocycles. The molecule has 0 bridgehead atoms. The molecule has 3 N–H and O–H groups in total. The van der Waals surface area contributed by atoms with Crippen molar-refractivity contribution in [3.63, 3.8) is 0 Å². The van der Waals surface area contributed by atoms with Crippen LogP contribution in [0.25, 0.3) is 0 Å². The smallest absolute Gasteiger partial charge is 0.190 e.